The molecule has 1 aliphatic rings. The first kappa shape index (κ1) is 15.4. The van der Waals surface area contributed by atoms with Gasteiger partial charge in [0.15, 0.2) is 11.5 Å². The van der Waals surface area contributed by atoms with Crippen molar-refractivity contribution in [3.8, 4) is 11.5 Å². The zero-order chi connectivity index (χ0) is 16.4. The average molecular weight is 316 g/mol. The number of benzene rings is 1. The summed E-state index contributed by atoms with van der Waals surface area (Å²) < 4.78 is 15.8. The molecular weight excluding hydrogens is 296 g/mol. The average Bonchev–Trinajstić information content (AvgIpc) is 3.11. The second kappa shape index (κ2) is 6.32. The summed E-state index contributed by atoms with van der Waals surface area (Å²) in [6.07, 6.45) is 1.03. The number of nitrogens with zero attached hydrogens (tertiary/aromatic N) is 1. The Morgan fingerprint density at radius 3 is 2.83 bits per heavy atom. The molecule has 6 heteroatoms. The minimum atomic E-state index is -0.0957. The van der Waals surface area contributed by atoms with Gasteiger partial charge in [0.25, 0.3) is 0 Å². The van der Waals surface area contributed by atoms with Gasteiger partial charge in [-0.25, -0.2) is 0 Å². The topological polar surface area (TPSA) is 73.6 Å². The van der Waals surface area contributed by atoms with Gasteiger partial charge in [-0.3, -0.25) is 4.79 Å². The lowest BCUT2D eigenvalue weighted by molar-refractivity contribution is -0.121. The molecule has 3 rings (SSSR count). The van der Waals surface area contributed by atoms with Crippen molar-refractivity contribution in [3.63, 3.8) is 0 Å². The summed E-state index contributed by atoms with van der Waals surface area (Å²) in [6.45, 7) is 5.95. The Morgan fingerprint density at radius 1 is 1.30 bits per heavy atom. The number of rotatable bonds is 5. The number of fused-ring (bicyclic) bond motifs is 1. The number of aromatic nitrogens is 1. The van der Waals surface area contributed by atoms with Crippen molar-refractivity contribution in [1.29, 1.82) is 0 Å². The number of nitrogens with one attached hydrogen (secondary N) is 1. The fourth-order valence-corrected chi connectivity index (χ4v) is 2.68. The Hall–Kier alpha value is -2.50. The third-order valence-electron chi connectivity index (χ3n) is 4.06. The van der Waals surface area contributed by atoms with Crippen LogP contribution in [0.5, 0.6) is 11.5 Å². The molecule has 2 aromatic rings. The van der Waals surface area contributed by atoms with Crippen LogP contribution in [-0.4, -0.2) is 17.9 Å². The molecule has 0 aliphatic carbocycles. The minimum absolute atomic E-state index is 0.00448. The molecule has 1 unspecified atom stereocenters. The van der Waals surface area contributed by atoms with Crippen molar-refractivity contribution in [2.45, 2.75) is 39.7 Å². The van der Waals surface area contributed by atoms with Crippen molar-refractivity contribution in [3.05, 3.63) is 40.8 Å². The maximum Gasteiger partial charge on any atom is 0.231 e. The molecule has 6 nitrogen and oxygen atoms in total. The summed E-state index contributed by atoms with van der Waals surface area (Å²) in [7, 11) is 0. The van der Waals surface area contributed by atoms with Gasteiger partial charge in [0.1, 0.15) is 5.76 Å². The maximum absolute atomic E-state index is 12.2. The molecule has 0 saturated carbocycles. The number of aryl methyl sites for hydroxylation is 2. The van der Waals surface area contributed by atoms with E-state index in [1.165, 1.54) is 0 Å². The minimum Gasteiger partial charge on any atom is -0.454 e. The molecule has 0 spiro atoms. The summed E-state index contributed by atoms with van der Waals surface area (Å²) in [5.74, 6) is 2.24. The molecule has 1 aromatic heterocycles. The predicted octanol–water partition coefficient (Wildman–Crippen LogP) is 2.83. The summed E-state index contributed by atoms with van der Waals surface area (Å²) in [5, 5.41) is 6.91. The molecule has 1 amide bonds. The number of carbonyl (C=O) groups is 1. The van der Waals surface area contributed by atoms with E-state index in [-0.39, 0.29) is 18.7 Å². The zero-order valence-corrected chi connectivity index (χ0v) is 13.5. The largest absolute Gasteiger partial charge is 0.454 e. The number of ether oxygens (including phenoxy) is 2. The number of hydrogen-bond acceptors (Lipinski definition) is 5. The molecule has 0 bridgehead atoms. The van der Waals surface area contributed by atoms with Crippen molar-refractivity contribution in [2.75, 3.05) is 6.79 Å². The highest BCUT2D eigenvalue weighted by atomic mass is 16.7. The van der Waals surface area contributed by atoms with Crippen LogP contribution in [0, 0.1) is 13.8 Å². The van der Waals surface area contributed by atoms with Gasteiger partial charge < -0.3 is 19.3 Å². The summed E-state index contributed by atoms with van der Waals surface area (Å²) >= 11 is 0. The van der Waals surface area contributed by atoms with Crippen LogP contribution in [0.25, 0.3) is 0 Å². The lowest BCUT2D eigenvalue weighted by Gasteiger charge is -2.15. The lowest BCUT2D eigenvalue weighted by atomic mass is 10.1. The van der Waals surface area contributed by atoms with E-state index in [1.807, 2.05) is 39.0 Å². The Kier molecular flexibility index (Phi) is 4.23. The lowest BCUT2D eigenvalue weighted by Crippen LogP contribution is -2.26. The Balaban J connectivity index is 1.57. The van der Waals surface area contributed by atoms with Crippen LogP contribution >= 0.6 is 0 Å². The highest BCUT2D eigenvalue weighted by Gasteiger charge is 2.17. The van der Waals surface area contributed by atoms with Crippen LogP contribution in [0.15, 0.2) is 22.7 Å². The van der Waals surface area contributed by atoms with Crippen LogP contribution in [-0.2, 0) is 11.2 Å². The molecule has 1 aromatic carbocycles. The monoisotopic (exact) mass is 316 g/mol. The first-order valence-electron chi connectivity index (χ1n) is 7.65. The van der Waals surface area contributed by atoms with Gasteiger partial charge in [0, 0.05) is 12.0 Å². The van der Waals surface area contributed by atoms with E-state index in [0.29, 0.717) is 12.8 Å². The van der Waals surface area contributed by atoms with Crippen LogP contribution in [0.1, 0.15) is 42.0 Å². The smallest absolute Gasteiger partial charge is 0.231 e. The van der Waals surface area contributed by atoms with E-state index in [1.54, 1.807) is 0 Å². The van der Waals surface area contributed by atoms with Crippen LogP contribution in [0.4, 0.5) is 0 Å². The van der Waals surface area contributed by atoms with E-state index < -0.39 is 0 Å². The van der Waals surface area contributed by atoms with Crippen molar-refractivity contribution in [1.82, 2.24) is 10.5 Å². The maximum atomic E-state index is 12.2. The van der Waals surface area contributed by atoms with E-state index in [9.17, 15) is 4.79 Å². The van der Waals surface area contributed by atoms with Gasteiger partial charge in [-0.15, -0.1) is 0 Å². The summed E-state index contributed by atoms with van der Waals surface area (Å²) in [5.41, 5.74) is 2.84. The van der Waals surface area contributed by atoms with Gasteiger partial charge in [0.2, 0.25) is 12.7 Å². The fourth-order valence-electron chi connectivity index (χ4n) is 2.68. The highest BCUT2D eigenvalue weighted by molar-refractivity contribution is 5.76. The highest BCUT2D eigenvalue weighted by Crippen LogP contribution is 2.34. The van der Waals surface area contributed by atoms with Crippen LogP contribution in [0.3, 0.4) is 0 Å². The van der Waals surface area contributed by atoms with E-state index in [2.05, 4.69) is 10.5 Å². The molecule has 2 heterocycles. The molecule has 0 fully saturated rings. The van der Waals surface area contributed by atoms with E-state index in [0.717, 1.165) is 34.1 Å². The van der Waals surface area contributed by atoms with Crippen LogP contribution in [0.2, 0.25) is 0 Å². The number of hydrogen-bond donors (Lipinski definition) is 1. The van der Waals surface area contributed by atoms with Crippen LogP contribution < -0.4 is 14.8 Å². The molecule has 1 N–H and O–H groups in total. The Bertz CT molecular complexity index is 704. The van der Waals surface area contributed by atoms with Gasteiger partial charge in [0.05, 0.1) is 11.7 Å². The van der Waals surface area contributed by atoms with E-state index in [4.69, 9.17) is 14.0 Å². The van der Waals surface area contributed by atoms with Crippen molar-refractivity contribution >= 4 is 5.91 Å². The quantitative estimate of drug-likeness (QED) is 0.918. The molecule has 0 saturated heterocycles. The van der Waals surface area contributed by atoms with Gasteiger partial charge in [-0.05, 0) is 44.9 Å². The normalized spacial score (nSPS) is 13.9. The molecule has 1 atom stereocenters. The second-order valence-electron chi connectivity index (χ2n) is 5.70. The molecular formula is C17H20N2O4. The summed E-state index contributed by atoms with van der Waals surface area (Å²) in [4.78, 5) is 12.2. The molecule has 122 valence electrons. The first-order valence-corrected chi connectivity index (χ1v) is 7.65. The molecule has 0 radical (unpaired) electrons. The van der Waals surface area contributed by atoms with Crippen molar-refractivity contribution < 1.29 is 18.8 Å². The molecule has 1 aliphatic heterocycles. The van der Waals surface area contributed by atoms with E-state index >= 15 is 0 Å². The Morgan fingerprint density at radius 2 is 2.09 bits per heavy atom. The number of carbonyl (C=O) groups excluding carboxylic acids is 1. The van der Waals surface area contributed by atoms with Crippen molar-refractivity contribution in [2.24, 2.45) is 0 Å². The predicted molar refractivity (Wildman–Crippen MR) is 83.4 cm³/mol. The third-order valence-corrected chi connectivity index (χ3v) is 4.06. The Labute approximate surface area is 134 Å². The fraction of sp³-hybridized carbons (Fsp3) is 0.412. The standard InChI is InChI=1S/C17H20N2O4/c1-10(13-4-6-15-16(8-13)22-9-21-15)18-17(20)7-5-14-11(2)19-23-12(14)3/h4,6,8,10H,5,7,9H2,1-3H3,(H,18,20). The van der Waals surface area contributed by atoms with Gasteiger partial charge in [-0.2, -0.15) is 0 Å². The number of amides is 1. The SMILES string of the molecule is Cc1noc(C)c1CCC(=O)NC(C)c1ccc2c(c1)OCO2. The van der Waals surface area contributed by atoms with Gasteiger partial charge in [-0.1, -0.05) is 11.2 Å². The zero-order valence-electron chi connectivity index (χ0n) is 13.5. The third kappa shape index (κ3) is 3.31. The van der Waals surface area contributed by atoms with Gasteiger partial charge >= 0.3 is 0 Å². The first-order chi connectivity index (χ1) is 11.0. The molecule has 23 heavy (non-hydrogen) atoms. The summed E-state index contributed by atoms with van der Waals surface area (Å²) in [6, 6.07) is 5.61. The second-order valence-corrected chi connectivity index (χ2v) is 5.70.